The molecule has 0 aromatic heterocycles. The number of nitrogens with zero attached hydrogens (tertiary/aromatic N) is 2. The van der Waals surface area contributed by atoms with Crippen molar-refractivity contribution in [3.8, 4) is 0 Å². The molecule has 0 N–H and O–H groups in total. The summed E-state index contributed by atoms with van der Waals surface area (Å²) in [7, 11) is -3.71. The largest absolute Gasteiger partial charge is 0.254 e. The first kappa shape index (κ1) is 14.3. The van der Waals surface area contributed by atoms with Crippen molar-refractivity contribution in [1.29, 1.82) is 0 Å². The van der Waals surface area contributed by atoms with E-state index in [1.807, 2.05) is 6.92 Å². The van der Waals surface area contributed by atoms with Crippen molar-refractivity contribution < 1.29 is 12.8 Å². The lowest BCUT2D eigenvalue weighted by atomic mass is 10.2. The fourth-order valence-electron chi connectivity index (χ4n) is 1.97. The van der Waals surface area contributed by atoms with E-state index in [9.17, 15) is 12.8 Å². The van der Waals surface area contributed by atoms with Gasteiger partial charge in [-0.3, -0.25) is 0 Å². The van der Waals surface area contributed by atoms with Gasteiger partial charge in [-0.1, -0.05) is 24.6 Å². The first-order valence-corrected chi connectivity index (χ1v) is 7.92. The molecule has 0 bridgehead atoms. The van der Waals surface area contributed by atoms with Gasteiger partial charge in [0.25, 0.3) is 10.0 Å². The third kappa shape index (κ3) is 2.90. The maximum Gasteiger partial charge on any atom is 0.254 e. The van der Waals surface area contributed by atoms with Crippen LogP contribution < -0.4 is 0 Å². The predicted molar refractivity (Wildman–Crippen MR) is 73.1 cm³/mol. The van der Waals surface area contributed by atoms with Crippen LogP contribution in [0, 0.1) is 5.82 Å². The van der Waals surface area contributed by atoms with Crippen molar-refractivity contribution in [2.45, 2.75) is 31.6 Å². The fraction of sp³-hybridized carbons (Fsp3) is 0.417. The number of hydrazone groups is 1. The molecule has 1 aliphatic heterocycles. The zero-order chi connectivity index (χ0) is 14.0. The van der Waals surface area contributed by atoms with Crippen LogP contribution in [0.15, 0.2) is 23.3 Å². The maximum atomic E-state index is 13.6. The smallest absolute Gasteiger partial charge is 0.207 e. The van der Waals surface area contributed by atoms with Gasteiger partial charge in [-0.2, -0.15) is 9.52 Å². The van der Waals surface area contributed by atoms with Gasteiger partial charge >= 0.3 is 0 Å². The molecule has 4 nitrogen and oxygen atoms in total. The van der Waals surface area contributed by atoms with E-state index in [1.165, 1.54) is 18.2 Å². The molecule has 0 fully saturated rings. The Labute approximate surface area is 116 Å². The Kier molecular flexibility index (Phi) is 4.10. The molecule has 1 heterocycles. The van der Waals surface area contributed by atoms with Crippen LogP contribution in [0.4, 0.5) is 4.39 Å². The van der Waals surface area contributed by atoms with Gasteiger partial charge in [0.05, 0.1) is 6.04 Å². The summed E-state index contributed by atoms with van der Waals surface area (Å²) in [6.07, 6.45) is 2.81. The second-order valence-electron chi connectivity index (χ2n) is 4.32. The van der Waals surface area contributed by atoms with E-state index in [4.69, 9.17) is 11.6 Å². The molecule has 0 saturated heterocycles. The number of hydrogen-bond donors (Lipinski definition) is 0. The van der Waals surface area contributed by atoms with E-state index >= 15 is 0 Å². The van der Waals surface area contributed by atoms with Crippen LogP contribution in [0.25, 0.3) is 0 Å². The summed E-state index contributed by atoms with van der Waals surface area (Å²) >= 11 is 5.85. The molecule has 104 valence electrons. The molecule has 1 atom stereocenters. The van der Waals surface area contributed by atoms with E-state index in [-0.39, 0.29) is 16.6 Å². The summed E-state index contributed by atoms with van der Waals surface area (Å²) in [4.78, 5) is 0. The Morgan fingerprint density at radius 3 is 2.89 bits per heavy atom. The van der Waals surface area contributed by atoms with Gasteiger partial charge in [0.1, 0.15) is 11.6 Å². The summed E-state index contributed by atoms with van der Waals surface area (Å²) < 4.78 is 39.2. The Bertz CT molecular complexity index is 583. The number of sulfonamides is 1. The van der Waals surface area contributed by atoms with Crippen molar-refractivity contribution in [2.75, 3.05) is 0 Å². The van der Waals surface area contributed by atoms with E-state index in [1.54, 1.807) is 6.21 Å². The monoisotopic (exact) mass is 304 g/mol. The third-order valence-corrected chi connectivity index (χ3v) is 5.00. The number of benzene rings is 1. The van der Waals surface area contributed by atoms with Crippen LogP contribution >= 0.6 is 11.6 Å². The molecular formula is C12H14ClFN2O2S. The lowest BCUT2D eigenvalue weighted by Gasteiger charge is -2.22. The SMILES string of the molecule is CCC1CC=NN1S(=O)(=O)Cc1c(F)cccc1Cl. The van der Waals surface area contributed by atoms with Crippen molar-refractivity contribution in [2.24, 2.45) is 5.10 Å². The second kappa shape index (κ2) is 5.46. The lowest BCUT2D eigenvalue weighted by molar-refractivity contribution is 0.355. The normalized spacial score (nSPS) is 19.1. The molecular weight excluding hydrogens is 291 g/mol. The van der Waals surface area contributed by atoms with Gasteiger partial charge in [-0.05, 0) is 18.6 Å². The summed E-state index contributed by atoms with van der Waals surface area (Å²) in [5, 5.41) is 3.98. The highest BCUT2D eigenvalue weighted by Crippen LogP contribution is 2.26. The van der Waals surface area contributed by atoms with E-state index < -0.39 is 21.6 Å². The van der Waals surface area contributed by atoms with Crippen LogP contribution in [0.5, 0.6) is 0 Å². The molecule has 0 spiro atoms. The highest BCUT2D eigenvalue weighted by Gasteiger charge is 2.31. The minimum absolute atomic E-state index is 0.0129. The number of rotatable bonds is 4. The molecule has 1 unspecified atom stereocenters. The number of hydrogen-bond acceptors (Lipinski definition) is 3. The molecule has 0 saturated carbocycles. The van der Waals surface area contributed by atoms with Gasteiger partial charge in [-0.25, -0.2) is 12.8 Å². The van der Waals surface area contributed by atoms with Crippen molar-refractivity contribution in [1.82, 2.24) is 4.41 Å². The zero-order valence-electron chi connectivity index (χ0n) is 10.4. The van der Waals surface area contributed by atoms with Crippen molar-refractivity contribution >= 4 is 27.8 Å². The molecule has 1 aliphatic rings. The van der Waals surface area contributed by atoms with Gasteiger partial charge in [0.15, 0.2) is 0 Å². The molecule has 2 rings (SSSR count). The summed E-state index contributed by atoms with van der Waals surface area (Å²) in [5.41, 5.74) is -0.0129. The molecule has 0 radical (unpaired) electrons. The molecule has 19 heavy (non-hydrogen) atoms. The Hall–Kier alpha value is -1.14. The van der Waals surface area contributed by atoms with Crippen LogP contribution in [-0.4, -0.2) is 25.1 Å². The fourth-order valence-corrected chi connectivity index (χ4v) is 3.97. The summed E-state index contributed by atoms with van der Waals surface area (Å²) in [6.45, 7) is 1.89. The van der Waals surface area contributed by atoms with Gasteiger partial charge in [0, 0.05) is 23.2 Å². The van der Waals surface area contributed by atoms with Crippen LogP contribution in [0.3, 0.4) is 0 Å². The molecule has 0 amide bonds. The molecule has 0 aliphatic carbocycles. The third-order valence-electron chi connectivity index (χ3n) is 3.03. The quantitative estimate of drug-likeness (QED) is 0.859. The van der Waals surface area contributed by atoms with E-state index in [2.05, 4.69) is 5.10 Å². The Balaban J connectivity index is 2.29. The summed E-state index contributed by atoms with van der Waals surface area (Å²) in [6, 6.07) is 3.92. The highest BCUT2D eigenvalue weighted by atomic mass is 35.5. The minimum atomic E-state index is -3.71. The standard InChI is InChI=1S/C12H14ClFN2O2S/c1-2-9-6-7-15-16(9)19(17,18)8-10-11(13)4-3-5-12(10)14/h3-5,7,9H,2,6,8H2,1H3. The Morgan fingerprint density at radius 1 is 1.53 bits per heavy atom. The molecule has 1 aromatic rings. The highest BCUT2D eigenvalue weighted by molar-refractivity contribution is 7.88. The van der Waals surface area contributed by atoms with Crippen molar-refractivity contribution in [3.05, 3.63) is 34.6 Å². The number of halogens is 2. The van der Waals surface area contributed by atoms with Crippen molar-refractivity contribution in [3.63, 3.8) is 0 Å². The zero-order valence-corrected chi connectivity index (χ0v) is 12.0. The summed E-state index contributed by atoms with van der Waals surface area (Å²) in [5.74, 6) is -1.10. The first-order valence-electron chi connectivity index (χ1n) is 5.93. The van der Waals surface area contributed by atoms with E-state index in [0.29, 0.717) is 12.8 Å². The lowest BCUT2D eigenvalue weighted by Crippen LogP contribution is -2.33. The van der Waals surface area contributed by atoms with E-state index in [0.717, 1.165) is 4.41 Å². The minimum Gasteiger partial charge on any atom is -0.207 e. The maximum absolute atomic E-state index is 13.6. The average molecular weight is 305 g/mol. The second-order valence-corrected chi connectivity index (χ2v) is 6.56. The average Bonchev–Trinajstić information content (AvgIpc) is 2.83. The predicted octanol–water partition coefficient (Wildman–Crippen LogP) is 2.78. The topological polar surface area (TPSA) is 49.7 Å². The van der Waals surface area contributed by atoms with Gasteiger partial charge in [-0.15, -0.1) is 0 Å². The van der Waals surface area contributed by atoms with Gasteiger partial charge < -0.3 is 0 Å². The van der Waals surface area contributed by atoms with Crippen LogP contribution in [-0.2, 0) is 15.8 Å². The Morgan fingerprint density at radius 2 is 2.26 bits per heavy atom. The molecule has 7 heteroatoms. The first-order chi connectivity index (χ1) is 8.95. The van der Waals surface area contributed by atoms with Crippen LogP contribution in [0.2, 0.25) is 5.02 Å². The molecule has 1 aromatic carbocycles. The van der Waals surface area contributed by atoms with Crippen LogP contribution in [0.1, 0.15) is 25.3 Å². The van der Waals surface area contributed by atoms with Gasteiger partial charge in [0.2, 0.25) is 0 Å².